The van der Waals surface area contributed by atoms with E-state index in [4.69, 9.17) is 11.6 Å². The lowest BCUT2D eigenvalue weighted by Gasteiger charge is -2.04. The summed E-state index contributed by atoms with van der Waals surface area (Å²) in [7, 11) is 0. The van der Waals surface area contributed by atoms with Gasteiger partial charge in [-0.1, -0.05) is 17.7 Å². The standard InChI is InChI=1S/C11H5BrClFN4/c12-6-2-1-3-7(14)8(6)10-16-17-11-9(13)15-4-5-18(10)11/h1-5H. The molecule has 0 bridgehead atoms. The van der Waals surface area contributed by atoms with Crippen molar-refractivity contribution < 1.29 is 4.39 Å². The zero-order chi connectivity index (χ0) is 12.7. The van der Waals surface area contributed by atoms with Gasteiger partial charge in [-0.15, -0.1) is 10.2 Å². The second-order valence-corrected chi connectivity index (χ2v) is 4.74. The molecule has 0 N–H and O–H groups in total. The lowest BCUT2D eigenvalue weighted by molar-refractivity contribution is 0.629. The van der Waals surface area contributed by atoms with Crippen molar-refractivity contribution in [2.75, 3.05) is 0 Å². The summed E-state index contributed by atoms with van der Waals surface area (Å²) in [6.45, 7) is 0. The molecule has 2 aromatic heterocycles. The smallest absolute Gasteiger partial charge is 0.198 e. The Morgan fingerprint density at radius 2 is 2.11 bits per heavy atom. The first-order valence-corrected chi connectivity index (χ1v) is 6.15. The third kappa shape index (κ3) is 1.69. The highest BCUT2D eigenvalue weighted by Gasteiger charge is 2.16. The topological polar surface area (TPSA) is 43.1 Å². The van der Waals surface area contributed by atoms with Crippen molar-refractivity contribution in [1.82, 2.24) is 19.6 Å². The highest BCUT2D eigenvalue weighted by atomic mass is 79.9. The summed E-state index contributed by atoms with van der Waals surface area (Å²) in [6, 6.07) is 4.72. The van der Waals surface area contributed by atoms with Gasteiger partial charge in [0.05, 0.1) is 5.56 Å². The van der Waals surface area contributed by atoms with E-state index in [0.29, 0.717) is 21.5 Å². The summed E-state index contributed by atoms with van der Waals surface area (Å²) in [5, 5.41) is 8.10. The van der Waals surface area contributed by atoms with Crippen molar-refractivity contribution in [1.29, 1.82) is 0 Å². The summed E-state index contributed by atoms with van der Waals surface area (Å²) in [5.41, 5.74) is 0.733. The van der Waals surface area contributed by atoms with Gasteiger partial charge >= 0.3 is 0 Å². The van der Waals surface area contributed by atoms with Gasteiger partial charge in [-0.05, 0) is 28.1 Å². The Labute approximate surface area is 115 Å². The Morgan fingerprint density at radius 3 is 2.89 bits per heavy atom. The first-order chi connectivity index (χ1) is 8.68. The second kappa shape index (κ2) is 4.29. The van der Waals surface area contributed by atoms with Crippen molar-refractivity contribution in [3.8, 4) is 11.4 Å². The molecule has 4 nitrogen and oxygen atoms in total. The van der Waals surface area contributed by atoms with Gasteiger partial charge in [0.2, 0.25) is 0 Å². The van der Waals surface area contributed by atoms with Crippen molar-refractivity contribution in [2.45, 2.75) is 0 Å². The zero-order valence-electron chi connectivity index (χ0n) is 8.81. The third-order valence-electron chi connectivity index (χ3n) is 2.47. The molecule has 0 fully saturated rings. The van der Waals surface area contributed by atoms with Gasteiger partial charge in [0, 0.05) is 16.9 Å². The van der Waals surface area contributed by atoms with Gasteiger partial charge in [-0.3, -0.25) is 4.40 Å². The molecular weight excluding hydrogens is 323 g/mol. The maximum absolute atomic E-state index is 13.9. The summed E-state index contributed by atoms with van der Waals surface area (Å²) in [6.07, 6.45) is 3.15. The monoisotopic (exact) mass is 326 g/mol. The molecule has 0 amide bonds. The predicted molar refractivity (Wildman–Crippen MR) is 68.9 cm³/mol. The molecule has 90 valence electrons. The van der Waals surface area contributed by atoms with E-state index >= 15 is 0 Å². The number of nitrogens with zero attached hydrogens (tertiary/aromatic N) is 4. The van der Waals surface area contributed by atoms with Crippen molar-refractivity contribution in [3.05, 3.63) is 46.0 Å². The van der Waals surface area contributed by atoms with Crippen LogP contribution in [0.2, 0.25) is 5.15 Å². The van der Waals surface area contributed by atoms with Crippen LogP contribution in [0.1, 0.15) is 0 Å². The van der Waals surface area contributed by atoms with E-state index in [-0.39, 0.29) is 11.0 Å². The van der Waals surface area contributed by atoms with Crippen molar-refractivity contribution >= 4 is 33.2 Å². The van der Waals surface area contributed by atoms with Crippen LogP contribution in [-0.4, -0.2) is 19.6 Å². The highest BCUT2D eigenvalue weighted by Crippen LogP contribution is 2.30. The fourth-order valence-electron chi connectivity index (χ4n) is 1.68. The number of benzene rings is 1. The van der Waals surface area contributed by atoms with E-state index in [2.05, 4.69) is 31.1 Å². The predicted octanol–water partition coefficient (Wildman–Crippen LogP) is 3.35. The molecule has 0 atom stereocenters. The largest absolute Gasteiger partial charge is 0.278 e. The molecule has 0 unspecified atom stereocenters. The summed E-state index contributed by atoms with van der Waals surface area (Å²) in [5.74, 6) is -0.00844. The van der Waals surface area contributed by atoms with E-state index in [1.807, 2.05) is 0 Å². The van der Waals surface area contributed by atoms with Crippen LogP contribution in [0.5, 0.6) is 0 Å². The van der Waals surface area contributed by atoms with Crippen LogP contribution < -0.4 is 0 Å². The maximum atomic E-state index is 13.9. The minimum Gasteiger partial charge on any atom is -0.278 e. The minimum atomic E-state index is -0.383. The summed E-state index contributed by atoms with van der Waals surface area (Å²) in [4.78, 5) is 3.90. The molecule has 0 saturated carbocycles. The fraction of sp³-hybridized carbons (Fsp3) is 0. The molecule has 0 aliphatic rings. The molecule has 2 heterocycles. The van der Waals surface area contributed by atoms with Crippen LogP contribution in [0.4, 0.5) is 4.39 Å². The van der Waals surface area contributed by atoms with Crippen LogP contribution in [0, 0.1) is 5.82 Å². The van der Waals surface area contributed by atoms with Gasteiger partial charge in [-0.2, -0.15) is 0 Å². The molecule has 0 saturated heterocycles. The normalized spacial score (nSPS) is 11.1. The number of fused-ring (bicyclic) bond motifs is 1. The highest BCUT2D eigenvalue weighted by molar-refractivity contribution is 9.10. The Hall–Kier alpha value is -1.53. The Kier molecular flexibility index (Phi) is 2.76. The van der Waals surface area contributed by atoms with Crippen LogP contribution in [-0.2, 0) is 0 Å². The number of hydrogen-bond donors (Lipinski definition) is 0. The number of halogens is 3. The minimum absolute atomic E-state index is 0.226. The van der Waals surface area contributed by atoms with Gasteiger partial charge in [0.25, 0.3) is 0 Å². The van der Waals surface area contributed by atoms with Crippen molar-refractivity contribution in [3.63, 3.8) is 0 Å². The van der Waals surface area contributed by atoms with E-state index in [1.54, 1.807) is 22.7 Å². The van der Waals surface area contributed by atoms with Gasteiger partial charge < -0.3 is 0 Å². The summed E-state index contributed by atoms with van der Waals surface area (Å²) < 4.78 is 16.1. The third-order valence-corrected chi connectivity index (χ3v) is 3.40. The zero-order valence-corrected chi connectivity index (χ0v) is 11.2. The fourth-order valence-corrected chi connectivity index (χ4v) is 2.38. The SMILES string of the molecule is Fc1cccc(Br)c1-c1nnc2c(Cl)nccn12. The van der Waals surface area contributed by atoms with Gasteiger partial charge in [0.15, 0.2) is 16.6 Å². The lowest BCUT2D eigenvalue weighted by Crippen LogP contribution is -1.94. The Balaban J connectivity index is 2.36. The van der Waals surface area contributed by atoms with Gasteiger partial charge in [0.1, 0.15) is 5.82 Å². The molecule has 0 spiro atoms. The maximum Gasteiger partial charge on any atom is 0.198 e. The first kappa shape index (κ1) is 11.6. The molecular formula is C11H5BrClFN4. The average Bonchev–Trinajstić information content (AvgIpc) is 2.75. The number of rotatable bonds is 1. The Morgan fingerprint density at radius 1 is 1.28 bits per heavy atom. The molecule has 0 aliphatic heterocycles. The van der Waals surface area contributed by atoms with E-state index < -0.39 is 0 Å². The lowest BCUT2D eigenvalue weighted by atomic mass is 10.2. The van der Waals surface area contributed by atoms with Crippen LogP contribution >= 0.6 is 27.5 Å². The second-order valence-electron chi connectivity index (χ2n) is 3.53. The molecule has 0 aliphatic carbocycles. The number of aromatic nitrogens is 4. The number of hydrogen-bond acceptors (Lipinski definition) is 3. The quantitative estimate of drug-likeness (QED) is 0.688. The van der Waals surface area contributed by atoms with E-state index in [9.17, 15) is 4.39 Å². The van der Waals surface area contributed by atoms with Crippen molar-refractivity contribution in [2.24, 2.45) is 0 Å². The molecule has 1 aromatic carbocycles. The molecule has 7 heteroatoms. The molecule has 18 heavy (non-hydrogen) atoms. The average molecular weight is 328 g/mol. The summed E-state index contributed by atoms with van der Waals surface area (Å²) >= 11 is 9.20. The van der Waals surface area contributed by atoms with Crippen LogP contribution in [0.15, 0.2) is 35.1 Å². The van der Waals surface area contributed by atoms with E-state index in [1.165, 1.54) is 12.3 Å². The first-order valence-electron chi connectivity index (χ1n) is 4.98. The van der Waals surface area contributed by atoms with E-state index in [0.717, 1.165) is 0 Å². The molecule has 3 aromatic rings. The molecule has 3 rings (SSSR count). The van der Waals surface area contributed by atoms with Gasteiger partial charge in [-0.25, -0.2) is 9.37 Å². The Bertz CT molecular complexity index is 723. The van der Waals surface area contributed by atoms with Crippen LogP contribution in [0.3, 0.4) is 0 Å². The van der Waals surface area contributed by atoms with Crippen LogP contribution in [0.25, 0.3) is 17.0 Å². The molecule has 0 radical (unpaired) electrons.